The van der Waals surface area contributed by atoms with E-state index in [1.807, 2.05) is 70.4 Å². The van der Waals surface area contributed by atoms with Gasteiger partial charge in [-0.15, -0.1) is 21.5 Å². The van der Waals surface area contributed by atoms with Gasteiger partial charge in [-0.1, -0.05) is 35.5 Å². The molecule has 0 spiro atoms. The SMILES string of the molecule is Cc1c(Cl)cccc1NC(=O)CSc1nnc(-c2cccs2)n1-n1cccc1. The lowest BCUT2D eigenvalue weighted by molar-refractivity contribution is -0.113. The summed E-state index contributed by atoms with van der Waals surface area (Å²) in [5, 5.41) is 14.8. The van der Waals surface area contributed by atoms with Crippen LogP contribution in [0.1, 0.15) is 5.56 Å². The van der Waals surface area contributed by atoms with Crippen molar-refractivity contribution in [2.45, 2.75) is 12.1 Å². The van der Waals surface area contributed by atoms with Crippen molar-refractivity contribution in [2.24, 2.45) is 0 Å². The fourth-order valence-electron chi connectivity index (χ4n) is 2.64. The third kappa shape index (κ3) is 3.84. The molecule has 0 saturated heterocycles. The van der Waals surface area contributed by atoms with Gasteiger partial charge >= 0.3 is 0 Å². The van der Waals surface area contributed by atoms with Crippen LogP contribution in [0.5, 0.6) is 0 Å². The van der Waals surface area contributed by atoms with Crippen molar-refractivity contribution in [3.63, 3.8) is 0 Å². The van der Waals surface area contributed by atoms with Crippen molar-refractivity contribution in [3.8, 4) is 10.7 Å². The van der Waals surface area contributed by atoms with Gasteiger partial charge in [-0.25, -0.2) is 4.68 Å². The molecule has 1 N–H and O–H groups in total. The van der Waals surface area contributed by atoms with E-state index in [0.29, 0.717) is 15.9 Å². The zero-order valence-corrected chi connectivity index (χ0v) is 17.3. The molecule has 0 aliphatic heterocycles. The van der Waals surface area contributed by atoms with Crippen LogP contribution >= 0.6 is 34.7 Å². The van der Waals surface area contributed by atoms with Crippen LogP contribution < -0.4 is 5.32 Å². The number of hydrogen-bond donors (Lipinski definition) is 1. The smallest absolute Gasteiger partial charge is 0.234 e. The number of thiophene rings is 1. The molecule has 0 fully saturated rings. The Morgan fingerprint density at radius 2 is 2.00 bits per heavy atom. The minimum Gasteiger partial charge on any atom is -0.325 e. The summed E-state index contributed by atoms with van der Waals surface area (Å²) < 4.78 is 3.80. The van der Waals surface area contributed by atoms with E-state index in [1.54, 1.807) is 17.4 Å². The Labute approximate surface area is 175 Å². The van der Waals surface area contributed by atoms with Gasteiger partial charge in [0, 0.05) is 23.1 Å². The van der Waals surface area contributed by atoms with Crippen LogP contribution in [0.4, 0.5) is 5.69 Å². The van der Waals surface area contributed by atoms with Gasteiger partial charge in [0.15, 0.2) is 5.82 Å². The number of nitrogens with zero attached hydrogens (tertiary/aromatic N) is 4. The van der Waals surface area contributed by atoms with Crippen LogP contribution in [-0.2, 0) is 4.79 Å². The van der Waals surface area contributed by atoms with Crippen LogP contribution in [-0.4, -0.2) is 31.2 Å². The van der Waals surface area contributed by atoms with Crippen LogP contribution in [0.15, 0.2) is 65.4 Å². The van der Waals surface area contributed by atoms with Gasteiger partial charge in [-0.3, -0.25) is 9.47 Å². The number of benzene rings is 1. The van der Waals surface area contributed by atoms with Crippen molar-refractivity contribution in [1.82, 2.24) is 19.5 Å². The molecule has 0 aliphatic carbocycles. The number of carbonyl (C=O) groups is 1. The predicted octanol–water partition coefficient (Wildman–Crippen LogP) is 4.81. The highest BCUT2D eigenvalue weighted by Crippen LogP contribution is 2.28. The molecule has 4 aromatic rings. The second-order valence-electron chi connectivity index (χ2n) is 5.91. The van der Waals surface area contributed by atoms with Crippen molar-refractivity contribution in [1.29, 1.82) is 0 Å². The molecular weight excluding hydrogens is 414 g/mol. The molecule has 142 valence electrons. The average Bonchev–Trinajstić information content (AvgIpc) is 3.44. The van der Waals surface area contributed by atoms with Gasteiger partial charge in [0.2, 0.25) is 11.1 Å². The number of anilines is 1. The molecule has 1 amide bonds. The molecular formula is C19H16ClN5OS2. The van der Waals surface area contributed by atoms with E-state index in [2.05, 4.69) is 15.5 Å². The number of amides is 1. The Morgan fingerprint density at radius 3 is 2.75 bits per heavy atom. The molecule has 0 bridgehead atoms. The highest BCUT2D eigenvalue weighted by Gasteiger charge is 2.18. The first-order valence-corrected chi connectivity index (χ1v) is 10.7. The predicted molar refractivity (Wildman–Crippen MR) is 114 cm³/mol. The second kappa shape index (κ2) is 8.22. The van der Waals surface area contributed by atoms with Crippen molar-refractivity contribution >= 4 is 46.3 Å². The Morgan fingerprint density at radius 1 is 1.18 bits per heavy atom. The third-order valence-corrected chi connectivity index (χ3v) is 6.24. The Hall–Kier alpha value is -2.55. The number of hydrogen-bond acceptors (Lipinski definition) is 5. The summed E-state index contributed by atoms with van der Waals surface area (Å²) in [6, 6.07) is 13.3. The first kappa shape index (κ1) is 18.8. The van der Waals surface area contributed by atoms with Crippen LogP contribution in [0.25, 0.3) is 10.7 Å². The number of halogens is 1. The molecule has 6 nitrogen and oxygen atoms in total. The Balaban J connectivity index is 1.54. The van der Waals surface area contributed by atoms with E-state index in [0.717, 1.165) is 16.3 Å². The monoisotopic (exact) mass is 429 g/mol. The first-order chi connectivity index (χ1) is 13.6. The minimum atomic E-state index is -0.130. The normalized spacial score (nSPS) is 10.9. The maximum atomic E-state index is 12.4. The Bertz CT molecular complexity index is 1090. The number of thioether (sulfide) groups is 1. The highest BCUT2D eigenvalue weighted by atomic mass is 35.5. The van der Waals surface area contributed by atoms with Gasteiger partial charge < -0.3 is 5.32 Å². The van der Waals surface area contributed by atoms with E-state index in [-0.39, 0.29) is 11.7 Å². The highest BCUT2D eigenvalue weighted by molar-refractivity contribution is 7.99. The van der Waals surface area contributed by atoms with E-state index in [9.17, 15) is 4.79 Å². The summed E-state index contributed by atoms with van der Waals surface area (Å²) in [5.41, 5.74) is 1.56. The fraction of sp³-hybridized carbons (Fsp3) is 0.105. The lowest BCUT2D eigenvalue weighted by Crippen LogP contribution is -2.16. The third-order valence-electron chi connectivity index (χ3n) is 4.05. The fourth-order valence-corrected chi connectivity index (χ4v) is 4.24. The van der Waals surface area contributed by atoms with Crippen LogP contribution in [0.2, 0.25) is 5.02 Å². The van der Waals surface area contributed by atoms with Crippen molar-refractivity contribution in [2.75, 3.05) is 11.1 Å². The molecule has 0 aliphatic rings. The molecule has 4 rings (SSSR count). The van der Waals surface area contributed by atoms with E-state index < -0.39 is 0 Å². The van der Waals surface area contributed by atoms with Gasteiger partial charge in [0.1, 0.15) is 0 Å². The number of rotatable bonds is 6. The maximum Gasteiger partial charge on any atom is 0.234 e. The summed E-state index contributed by atoms with van der Waals surface area (Å²) in [6.45, 7) is 1.88. The van der Waals surface area contributed by atoms with Crippen molar-refractivity contribution < 1.29 is 4.79 Å². The first-order valence-electron chi connectivity index (χ1n) is 8.44. The van der Waals surface area contributed by atoms with Gasteiger partial charge in [-0.2, -0.15) is 0 Å². The van der Waals surface area contributed by atoms with E-state index in [4.69, 9.17) is 11.6 Å². The van der Waals surface area contributed by atoms with Gasteiger partial charge in [-0.05, 0) is 48.2 Å². The summed E-state index contributed by atoms with van der Waals surface area (Å²) in [4.78, 5) is 13.5. The zero-order chi connectivity index (χ0) is 19.5. The number of carbonyl (C=O) groups excluding carboxylic acids is 1. The summed E-state index contributed by atoms with van der Waals surface area (Å²) in [6.07, 6.45) is 3.83. The van der Waals surface area contributed by atoms with E-state index in [1.165, 1.54) is 11.8 Å². The molecule has 0 saturated carbocycles. The second-order valence-corrected chi connectivity index (χ2v) is 8.20. The largest absolute Gasteiger partial charge is 0.325 e. The van der Waals surface area contributed by atoms with Crippen LogP contribution in [0, 0.1) is 6.92 Å². The standard InChI is InChI=1S/C19H16ClN5OS2/c1-13-14(20)6-4-7-15(13)21-17(26)12-28-19-23-22-18(16-8-5-11-27-16)25(19)24-9-2-3-10-24/h2-11H,12H2,1H3,(H,21,26). The molecule has 9 heteroatoms. The molecule has 0 radical (unpaired) electrons. The summed E-state index contributed by atoms with van der Waals surface area (Å²) in [5.74, 6) is 0.811. The molecule has 28 heavy (non-hydrogen) atoms. The van der Waals surface area contributed by atoms with Gasteiger partial charge in [0.05, 0.1) is 10.6 Å². The number of aromatic nitrogens is 4. The average molecular weight is 430 g/mol. The molecule has 1 aromatic carbocycles. The topological polar surface area (TPSA) is 64.7 Å². The van der Waals surface area contributed by atoms with Gasteiger partial charge in [0.25, 0.3) is 0 Å². The quantitative estimate of drug-likeness (QED) is 0.446. The molecule has 0 atom stereocenters. The zero-order valence-electron chi connectivity index (χ0n) is 14.9. The lowest BCUT2D eigenvalue weighted by Gasteiger charge is -2.11. The number of nitrogens with one attached hydrogen (secondary N) is 1. The summed E-state index contributed by atoms with van der Waals surface area (Å²) in [7, 11) is 0. The molecule has 3 aromatic heterocycles. The summed E-state index contributed by atoms with van der Waals surface area (Å²) >= 11 is 9.04. The lowest BCUT2D eigenvalue weighted by atomic mass is 10.2. The van der Waals surface area contributed by atoms with Crippen molar-refractivity contribution in [3.05, 3.63) is 70.8 Å². The molecule has 0 unspecified atom stereocenters. The van der Waals surface area contributed by atoms with Crippen LogP contribution in [0.3, 0.4) is 0 Å². The maximum absolute atomic E-state index is 12.4. The molecule has 3 heterocycles. The van der Waals surface area contributed by atoms with E-state index >= 15 is 0 Å². The Kier molecular flexibility index (Phi) is 5.52. The minimum absolute atomic E-state index is 0.130.